The molecule has 0 aliphatic heterocycles. The molecule has 0 unspecified atom stereocenters. The van der Waals surface area contributed by atoms with E-state index in [1.54, 1.807) is 24.3 Å². The van der Waals surface area contributed by atoms with Crippen molar-refractivity contribution >= 4 is 35.0 Å². The number of carboxylic acid groups (broad SMARTS) is 1. The predicted octanol–water partition coefficient (Wildman–Crippen LogP) is 3.91. The van der Waals surface area contributed by atoms with E-state index in [9.17, 15) is 4.79 Å². The third kappa shape index (κ3) is 3.43. The number of hydrogen-bond donors (Lipinski definition) is 2. The highest BCUT2D eigenvalue weighted by molar-refractivity contribution is 7.98. The lowest BCUT2D eigenvalue weighted by Gasteiger charge is -2.06. The van der Waals surface area contributed by atoms with E-state index in [1.807, 2.05) is 18.2 Å². The van der Waals surface area contributed by atoms with Crippen LogP contribution < -0.4 is 5.73 Å². The first-order chi connectivity index (χ1) is 9.08. The summed E-state index contributed by atoms with van der Waals surface area (Å²) in [6, 6.07) is 12.4. The first-order valence-corrected chi connectivity index (χ1v) is 6.93. The van der Waals surface area contributed by atoms with Crippen molar-refractivity contribution in [1.82, 2.24) is 0 Å². The van der Waals surface area contributed by atoms with Crippen molar-refractivity contribution in [1.29, 1.82) is 0 Å². The lowest BCUT2D eigenvalue weighted by Crippen LogP contribution is -2.00. The smallest absolute Gasteiger partial charge is 0.335 e. The normalized spacial score (nSPS) is 10.4. The molecule has 3 N–H and O–H groups in total. The van der Waals surface area contributed by atoms with Crippen LogP contribution in [0.25, 0.3) is 0 Å². The van der Waals surface area contributed by atoms with Crippen LogP contribution in [0.2, 0.25) is 5.02 Å². The predicted molar refractivity (Wildman–Crippen MR) is 78.8 cm³/mol. The summed E-state index contributed by atoms with van der Waals surface area (Å²) < 4.78 is 0. The molecule has 3 nitrogen and oxygen atoms in total. The molecule has 2 aromatic rings. The first-order valence-electron chi connectivity index (χ1n) is 5.57. The number of carbonyl (C=O) groups is 1. The molecular weight excluding hydrogens is 282 g/mol. The van der Waals surface area contributed by atoms with Crippen LogP contribution in [-0.2, 0) is 5.75 Å². The number of halogens is 1. The molecule has 0 aliphatic rings. The Bertz CT molecular complexity index is 616. The standard InChI is InChI=1S/C14H12ClNO2S/c15-12-7-10(5-6-13(12)16)19-8-9-3-1-2-4-11(9)14(17)18/h1-7H,8,16H2,(H,17,18). The Labute approximate surface area is 120 Å². The van der Waals surface area contributed by atoms with Gasteiger partial charge in [-0.15, -0.1) is 11.8 Å². The fraction of sp³-hybridized carbons (Fsp3) is 0.0714. The van der Waals surface area contributed by atoms with Crippen LogP contribution >= 0.6 is 23.4 Å². The Morgan fingerprint density at radius 3 is 2.68 bits per heavy atom. The molecule has 0 bridgehead atoms. The highest BCUT2D eigenvalue weighted by Crippen LogP contribution is 2.29. The summed E-state index contributed by atoms with van der Waals surface area (Å²) in [5, 5.41) is 9.61. The van der Waals surface area contributed by atoms with Crippen molar-refractivity contribution in [3.63, 3.8) is 0 Å². The molecule has 0 fully saturated rings. The highest BCUT2D eigenvalue weighted by Gasteiger charge is 2.09. The topological polar surface area (TPSA) is 63.3 Å². The maximum Gasteiger partial charge on any atom is 0.335 e. The second-order valence-corrected chi connectivity index (χ2v) is 5.39. The average Bonchev–Trinajstić information content (AvgIpc) is 2.40. The van der Waals surface area contributed by atoms with Gasteiger partial charge < -0.3 is 10.8 Å². The van der Waals surface area contributed by atoms with Crippen molar-refractivity contribution in [3.05, 3.63) is 58.6 Å². The molecule has 0 amide bonds. The van der Waals surface area contributed by atoms with E-state index in [0.717, 1.165) is 10.5 Å². The molecular formula is C14H12ClNO2S. The first kappa shape index (κ1) is 13.8. The maximum absolute atomic E-state index is 11.1. The van der Waals surface area contributed by atoms with Gasteiger partial charge in [0, 0.05) is 10.6 Å². The van der Waals surface area contributed by atoms with Gasteiger partial charge in [-0.25, -0.2) is 4.79 Å². The van der Waals surface area contributed by atoms with Gasteiger partial charge in [-0.3, -0.25) is 0 Å². The van der Waals surface area contributed by atoms with Crippen molar-refractivity contribution in [2.75, 3.05) is 5.73 Å². The molecule has 2 aromatic carbocycles. The Morgan fingerprint density at radius 2 is 2.00 bits per heavy atom. The van der Waals surface area contributed by atoms with E-state index in [4.69, 9.17) is 22.4 Å². The van der Waals surface area contributed by atoms with Crippen molar-refractivity contribution in [3.8, 4) is 0 Å². The lowest BCUT2D eigenvalue weighted by molar-refractivity contribution is 0.0696. The minimum Gasteiger partial charge on any atom is -0.478 e. The summed E-state index contributed by atoms with van der Waals surface area (Å²) in [5.74, 6) is -0.338. The molecule has 98 valence electrons. The zero-order valence-corrected chi connectivity index (χ0v) is 11.5. The summed E-state index contributed by atoms with van der Waals surface area (Å²) in [6.07, 6.45) is 0. The SMILES string of the molecule is Nc1ccc(SCc2ccccc2C(=O)O)cc1Cl. The molecule has 0 saturated heterocycles. The van der Waals surface area contributed by atoms with Crippen LogP contribution in [0.5, 0.6) is 0 Å². The van der Waals surface area contributed by atoms with Gasteiger partial charge in [0.05, 0.1) is 16.3 Å². The maximum atomic E-state index is 11.1. The molecule has 0 aromatic heterocycles. The largest absolute Gasteiger partial charge is 0.478 e. The zero-order chi connectivity index (χ0) is 13.8. The molecule has 0 atom stereocenters. The quantitative estimate of drug-likeness (QED) is 0.662. The Kier molecular flexibility index (Phi) is 4.35. The Morgan fingerprint density at radius 1 is 1.26 bits per heavy atom. The third-order valence-electron chi connectivity index (χ3n) is 2.61. The second-order valence-electron chi connectivity index (χ2n) is 3.93. The Hall–Kier alpha value is -1.65. The van der Waals surface area contributed by atoms with Gasteiger partial charge in [-0.05, 0) is 29.8 Å². The fourth-order valence-electron chi connectivity index (χ4n) is 1.61. The number of carboxylic acids is 1. The lowest BCUT2D eigenvalue weighted by atomic mass is 10.1. The third-order valence-corrected chi connectivity index (χ3v) is 3.98. The van der Waals surface area contributed by atoms with Crippen LogP contribution in [-0.4, -0.2) is 11.1 Å². The van der Waals surface area contributed by atoms with E-state index in [1.165, 1.54) is 11.8 Å². The van der Waals surface area contributed by atoms with Crippen LogP contribution in [0.4, 0.5) is 5.69 Å². The Balaban J connectivity index is 2.14. The number of thioether (sulfide) groups is 1. The summed E-state index contributed by atoms with van der Waals surface area (Å²) >= 11 is 7.47. The van der Waals surface area contributed by atoms with E-state index >= 15 is 0 Å². The van der Waals surface area contributed by atoms with Gasteiger partial charge in [0.1, 0.15) is 0 Å². The molecule has 0 heterocycles. The summed E-state index contributed by atoms with van der Waals surface area (Å²) in [5.41, 5.74) is 7.30. The van der Waals surface area contributed by atoms with Crippen molar-refractivity contribution < 1.29 is 9.90 Å². The number of aromatic carboxylic acids is 1. The average molecular weight is 294 g/mol. The molecule has 0 spiro atoms. The van der Waals surface area contributed by atoms with Gasteiger partial charge in [-0.1, -0.05) is 29.8 Å². The molecule has 2 rings (SSSR count). The van der Waals surface area contributed by atoms with E-state index < -0.39 is 5.97 Å². The number of nitrogen functional groups attached to an aromatic ring is 1. The summed E-state index contributed by atoms with van der Waals surface area (Å²) in [4.78, 5) is 12.0. The minimum atomic E-state index is -0.911. The molecule has 0 aliphatic carbocycles. The number of nitrogens with two attached hydrogens (primary N) is 1. The van der Waals surface area contributed by atoms with E-state index in [2.05, 4.69) is 0 Å². The fourth-order valence-corrected chi connectivity index (χ4v) is 2.80. The molecule has 0 radical (unpaired) electrons. The number of benzene rings is 2. The van der Waals surface area contributed by atoms with Gasteiger partial charge in [0.25, 0.3) is 0 Å². The number of anilines is 1. The van der Waals surface area contributed by atoms with E-state index in [0.29, 0.717) is 22.0 Å². The highest BCUT2D eigenvalue weighted by atomic mass is 35.5. The summed E-state index contributed by atoms with van der Waals surface area (Å²) in [7, 11) is 0. The van der Waals surface area contributed by atoms with Gasteiger partial charge in [0.15, 0.2) is 0 Å². The monoisotopic (exact) mass is 293 g/mol. The molecule has 19 heavy (non-hydrogen) atoms. The van der Waals surface area contributed by atoms with Crippen LogP contribution in [0.1, 0.15) is 15.9 Å². The van der Waals surface area contributed by atoms with Gasteiger partial charge >= 0.3 is 5.97 Å². The van der Waals surface area contributed by atoms with Gasteiger partial charge in [0.2, 0.25) is 0 Å². The number of hydrogen-bond acceptors (Lipinski definition) is 3. The minimum absolute atomic E-state index is 0.330. The van der Waals surface area contributed by atoms with Crippen molar-refractivity contribution in [2.24, 2.45) is 0 Å². The van der Waals surface area contributed by atoms with Crippen LogP contribution in [0.3, 0.4) is 0 Å². The van der Waals surface area contributed by atoms with Crippen LogP contribution in [0, 0.1) is 0 Å². The summed E-state index contributed by atoms with van der Waals surface area (Å²) in [6.45, 7) is 0. The van der Waals surface area contributed by atoms with Crippen molar-refractivity contribution in [2.45, 2.75) is 10.6 Å². The molecule has 0 saturated carbocycles. The molecule has 5 heteroatoms. The zero-order valence-electron chi connectivity index (χ0n) is 9.97. The van der Waals surface area contributed by atoms with Crippen LogP contribution in [0.15, 0.2) is 47.4 Å². The number of rotatable bonds is 4. The van der Waals surface area contributed by atoms with E-state index in [-0.39, 0.29) is 0 Å². The van der Waals surface area contributed by atoms with Gasteiger partial charge in [-0.2, -0.15) is 0 Å². The second kappa shape index (κ2) is 5.99.